The Morgan fingerprint density at radius 2 is 2.05 bits per heavy atom. The van der Waals surface area contributed by atoms with Crippen molar-refractivity contribution in [3.8, 4) is 5.75 Å². The molecule has 0 aliphatic carbocycles. The Morgan fingerprint density at radius 3 is 2.74 bits per heavy atom. The summed E-state index contributed by atoms with van der Waals surface area (Å²) >= 11 is 9.45. The SMILES string of the molecule is COc1cc(Br)cc(C)c1NCc1cccc(Cl)c1. The first-order chi connectivity index (χ1) is 9.10. The van der Waals surface area contributed by atoms with Crippen molar-refractivity contribution in [2.45, 2.75) is 13.5 Å². The van der Waals surface area contributed by atoms with E-state index < -0.39 is 0 Å². The van der Waals surface area contributed by atoms with Gasteiger partial charge in [-0.25, -0.2) is 0 Å². The summed E-state index contributed by atoms with van der Waals surface area (Å²) in [6, 6.07) is 11.8. The Hall–Kier alpha value is -1.19. The number of methoxy groups -OCH3 is 1. The van der Waals surface area contributed by atoms with Crippen molar-refractivity contribution >= 4 is 33.2 Å². The van der Waals surface area contributed by atoms with Gasteiger partial charge in [0.15, 0.2) is 0 Å². The van der Waals surface area contributed by atoms with E-state index in [4.69, 9.17) is 16.3 Å². The number of anilines is 1. The summed E-state index contributed by atoms with van der Waals surface area (Å²) in [5, 5.41) is 4.15. The zero-order valence-corrected chi connectivity index (χ0v) is 13.2. The number of hydrogen-bond acceptors (Lipinski definition) is 2. The number of benzene rings is 2. The van der Waals surface area contributed by atoms with Crippen molar-refractivity contribution in [3.05, 3.63) is 57.0 Å². The third-order valence-corrected chi connectivity index (χ3v) is 3.54. The fraction of sp³-hybridized carbons (Fsp3) is 0.200. The lowest BCUT2D eigenvalue weighted by molar-refractivity contribution is 0.416. The number of nitrogens with one attached hydrogen (secondary N) is 1. The van der Waals surface area contributed by atoms with Crippen LogP contribution in [0.3, 0.4) is 0 Å². The summed E-state index contributed by atoms with van der Waals surface area (Å²) in [6.45, 7) is 2.76. The molecule has 0 spiro atoms. The van der Waals surface area contributed by atoms with Gasteiger partial charge in [0, 0.05) is 16.0 Å². The lowest BCUT2D eigenvalue weighted by Crippen LogP contribution is -2.03. The molecular formula is C15H15BrClNO. The lowest BCUT2D eigenvalue weighted by Gasteiger charge is -2.14. The maximum atomic E-state index is 5.98. The van der Waals surface area contributed by atoms with E-state index >= 15 is 0 Å². The van der Waals surface area contributed by atoms with Gasteiger partial charge in [-0.2, -0.15) is 0 Å². The molecule has 100 valence electrons. The third-order valence-electron chi connectivity index (χ3n) is 2.84. The van der Waals surface area contributed by atoms with Crippen molar-refractivity contribution in [1.82, 2.24) is 0 Å². The summed E-state index contributed by atoms with van der Waals surface area (Å²) in [6.07, 6.45) is 0. The molecule has 0 heterocycles. The van der Waals surface area contributed by atoms with E-state index in [0.29, 0.717) is 6.54 Å². The fourth-order valence-electron chi connectivity index (χ4n) is 1.94. The second-order valence-corrected chi connectivity index (χ2v) is 5.64. The summed E-state index contributed by atoms with van der Waals surface area (Å²) in [5.74, 6) is 0.828. The van der Waals surface area contributed by atoms with E-state index in [1.54, 1.807) is 7.11 Å². The van der Waals surface area contributed by atoms with Crippen molar-refractivity contribution < 1.29 is 4.74 Å². The molecule has 0 saturated carbocycles. The molecule has 0 atom stereocenters. The van der Waals surface area contributed by atoms with Gasteiger partial charge in [-0.05, 0) is 42.3 Å². The fourth-order valence-corrected chi connectivity index (χ4v) is 2.70. The van der Waals surface area contributed by atoms with Crippen LogP contribution in [0.1, 0.15) is 11.1 Å². The average molecular weight is 341 g/mol. The first kappa shape index (κ1) is 14.2. The maximum absolute atomic E-state index is 5.98. The summed E-state index contributed by atoms with van der Waals surface area (Å²) in [4.78, 5) is 0. The summed E-state index contributed by atoms with van der Waals surface area (Å²) in [7, 11) is 1.67. The largest absolute Gasteiger partial charge is 0.495 e. The highest BCUT2D eigenvalue weighted by molar-refractivity contribution is 9.10. The van der Waals surface area contributed by atoms with E-state index in [2.05, 4.69) is 27.3 Å². The number of aryl methyl sites for hydroxylation is 1. The molecule has 0 saturated heterocycles. The molecular weight excluding hydrogens is 326 g/mol. The third kappa shape index (κ3) is 3.64. The van der Waals surface area contributed by atoms with Crippen LogP contribution in [0.5, 0.6) is 5.75 Å². The normalized spacial score (nSPS) is 10.3. The van der Waals surface area contributed by atoms with E-state index in [0.717, 1.165) is 32.1 Å². The molecule has 2 aromatic rings. The topological polar surface area (TPSA) is 21.3 Å². The number of hydrogen-bond donors (Lipinski definition) is 1. The first-order valence-corrected chi connectivity index (χ1v) is 7.09. The number of rotatable bonds is 4. The van der Waals surface area contributed by atoms with Crippen molar-refractivity contribution in [2.75, 3.05) is 12.4 Å². The van der Waals surface area contributed by atoms with Gasteiger partial charge in [0.2, 0.25) is 0 Å². The number of ether oxygens (including phenoxy) is 1. The second kappa shape index (κ2) is 6.31. The quantitative estimate of drug-likeness (QED) is 0.842. The lowest BCUT2D eigenvalue weighted by atomic mass is 10.1. The molecule has 19 heavy (non-hydrogen) atoms. The molecule has 2 rings (SSSR count). The molecule has 2 aromatic carbocycles. The van der Waals surface area contributed by atoms with Gasteiger partial charge in [-0.3, -0.25) is 0 Å². The molecule has 0 aromatic heterocycles. The zero-order chi connectivity index (χ0) is 13.8. The second-order valence-electron chi connectivity index (χ2n) is 4.28. The smallest absolute Gasteiger partial charge is 0.143 e. The Balaban J connectivity index is 2.19. The van der Waals surface area contributed by atoms with Crippen LogP contribution in [0.25, 0.3) is 0 Å². The van der Waals surface area contributed by atoms with Crippen LogP contribution in [0.15, 0.2) is 40.9 Å². The van der Waals surface area contributed by atoms with Crippen molar-refractivity contribution in [3.63, 3.8) is 0 Å². The average Bonchev–Trinajstić information content (AvgIpc) is 2.37. The maximum Gasteiger partial charge on any atom is 0.143 e. The number of halogens is 2. The van der Waals surface area contributed by atoms with Gasteiger partial charge in [0.1, 0.15) is 5.75 Å². The Kier molecular flexibility index (Phi) is 4.72. The summed E-state index contributed by atoms with van der Waals surface area (Å²) < 4.78 is 6.41. The molecule has 0 unspecified atom stereocenters. The van der Waals surface area contributed by atoms with Crippen LogP contribution in [-0.4, -0.2) is 7.11 Å². The molecule has 0 aliphatic rings. The van der Waals surface area contributed by atoms with Gasteiger partial charge in [0.05, 0.1) is 12.8 Å². The predicted molar refractivity (Wildman–Crippen MR) is 84.2 cm³/mol. The van der Waals surface area contributed by atoms with Gasteiger partial charge >= 0.3 is 0 Å². The Morgan fingerprint density at radius 1 is 1.26 bits per heavy atom. The van der Waals surface area contributed by atoms with Crippen molar-refractivity contribution in [2.24, 2.45) is 0 Å². The Labute approximate surface area is 126 Å². The molecule has 4 heteroatoms. The molecule has 0 aliphatic heterocycles. The minimum Gasteiger partial charge on any atom is -0.495 e. The van der Waals surface area contributed by atoms with Gasteiger partial charge in [-0.1, -0.05) is 39.7 Å². The molecule has 2 nitrogen and oxygen atoms in total. The van der Waals surface area contributed by atoms with E-state index in [1.165, 1.54) is 0 Å². The van der Waals surface area contributed by atoms with Crippen LogP contribution in [-0.2, 0) is 6.54 Å². The predicted octanol–water partition coefficient (Wildman–Crippen LogP) is 5.03. The van der Waals surface area contributed by atoms with Crippen LogP contribution < -0.4 is 10.1 Å². The van der Waals surface area contributed by atoms with Crippen LogP contribution >= 0.6 is 27.5 Å². The van der Waals surface area contributed by atoms with E-state index in [9.17, 15) is 0 Å². The highest BCUT2D eigenvalue weighted by atomic mass is 79.9. The van der Waals surface area contributed by atoms with Gasteiger partial charge in [0.25, 0.3) is 0 Å². The zero-order valence-electron chi connectivity index (χ0n) is 10.8. The summed E-state index contributed by atoms with van der Waals surface area (Å²) in [5.41, 5.74) is 3.27. The van der Waals surface area contributed by atoms with Gasteiger partial charge in [-0.15, -0.1) is 0 Å². The van der Waals surface area contributed by atoms with E-state index in [1.807, 2.05) is 37.3 Å². The minimum absolute atomic E-state index is 0.708. The molecule has 0 radical (unpaired) electrons. The van der Waals surface area contributed by atoms with Crippen LogP contribution in [0.2, 0.25) is 5.02 Å². The monoisotopic (exact) mass is 339 g/mol. The highest BCUT2D eigenvalue weighted by Gasteiger charge is 2.08. The molecule has 0 amide bonds. The van der Waals surface area contributed by atoms with Crippen LogP contribution in [0.4, 0.5) is 5.69 Å². The molecule has 0 fully saturated rings. The van der Waals surface area contributed by atoms with E-state index in [-0.39, 0.29) is 0 Å². The molecule has 0 bridgehead atoms. The Bertz CT molecular complexity index is 586. The highest BCUT2D eigenvalue weighted by Crippen LogP contribution is 2.32. The minimum atomic E-state index is 0.708. The molecule has 1 N–H and O–H groups in total. The van der Waals surface area contributed by atoms with Crippen LogP contribution in [0, 0.1) is 6.92 Å². The first-order valence-electron chi connectivity index (χ1n) is 5.92. The van der Waals surface area contributed by atoms with Crippen molar-refractivity contribution in [1.29, 1.82) is 0 Å². The van der Waals surface area contributed by atoms with Gasteiger partial charge < -0.3 is 10.1 Å². The standard InChI is InChI=1S/C15H15BrClNO/c1-10-6-12(16)8-14(19-2)15(10)18-9-11-4-3-5-13(17)7-11/h3-8,18H,9H2,1-2H3.